The summed E-state index contributed by atoms with van der Waals surface area (Å²) in [6.07, 6.45) is 0. The summed E-state index contributed by atoms with van der Waals surface area (Å²) in [6, 6.07) is 10.3. The minimum absolute atomic E-state index is 0.0319. The van der Waals surface area contributed by atoms with Crippen LogP contribution in [0.15, 0.2) is 45.3 Å². The maximum atomic E-state index is 11.0. The molecule has 0 fully saturated rings. The SMILES string of the molecule is O=[N+]([O-])c1cc(Br)ccc1NCc1ccc(Cl)cc1Br. The summed E-state index contributed by atoms with van der Waals surface area (Å²) < 4.78 is 1.53. The van der Waals surface area contributed by atoms with E-state index in [1.807, 2.05) is 6.07 Å². The first-order valence-corrected chi connectivity index (χ1v) is 7.55. The van der Waals surface area contributed by atoms with E-state index in [0.717, 1.165) is 10.0 Å². The van der Waals surface area contributed by atoms with Gasteiger partial charge in [0.15, 0.2) is 0 Å². The average molecular weight is 420 g/mol. The maximum Gasteiger partial charge on any atom is 0.293 e. The van der Waals surface area contributed by atoms with E-state index in [4.69, 9.17) is 11.6 Å². The zero-order chi connectivity index (χ0) is 14.7. The highest BCUT2D eigenvalue weighted by Gasteiger charge is 2.14. The molecule has 0 aromatic heterocycles. The second-order valence-corrected chi connectivity index (χ2v) is 6.21. The van der Waals surface area contributed by atoms with Gasteiger partial charge in [0.1, 0.15) is 5.69 Å². The van der Waals surface area contributed by atoms with Crippen LogP contribution in [0.1, 0.15) is 5.56 Å². The predicted molar refractivity (Wildman–Crippen MR) is 87.3 cm³/mol. The lowest BCUT2D eigenvalue weighted by Crippen LogP contribution is -2.03. The number of nitro groups is 1. The van der Waals surface area contributed by atoms with E-state index in [2.05, 4.69) is 37.2 Å². The molecule has 7 heteroatoms. The second-order valence-electron chi connectivity index (χ2n) is 4.01. The number of benzene rings is 2. The lowest BCUT2D eigenvalue weighted by atomic mass is 10.2. The Hall–Kier alpha value is -1.11. The van der Waals surface area contributed by atoms with Crippen LogP contribution in [0.25, 0.3) is 0 Å². The number of rotatable bonds is 4. The van der Waals surface area contributed by atoms with Gasteiger partial charge in [-0.2, -0.15) is 0 Å². The van der Waals surface area contributed by atoms with Crippen molar-refractivity contribution in [2.24, 2.45) is 0 Å². The molecule has 0 bridgehead atoms. The van der Waals surface area contributed by atoms with Crippen molar-refractivity contribution in [3.63, 3.8) is 0 Å². The Balaban J connectivity index is 2.20. The number of hydrogen-bond acceptors (Lipinski definition) is 3. The standard InChI is InChI=1S/C13H9Br2ClN2O2/c14-9-2-4-12(13(5-9)18(19)20)17-7-8-1-3-10(16)6-11(8)15/h1-6,17H,7H2. The van der Waals surface area contributed by atoms with Crippen LogP contribution in [0.3, 0.4) is 0 Å². The topological polar surface area (TPSA) is 55.2 Å². The van der Waals surface area contributed by atoms with Crippen LogP contribution >= 0.6 is 43.5 Å². The smallest absolute Gasteiger partial charge is 0.293 e. The summed E-state index contributed by atoms with van der Waals surface area (Å²) in [5.74, 6) is 0. The summed E-state index contributed by atoms with van der Waals surface area (Å²) in [4.78, 5) is 10.6. The molecule has 2 rings (SSSR count). The summed E-state index contributed by atoms with van der Waals surface area (Å²) in [6.45, 7) is 0.459. The van der Waals surface area contributed by atoms with Crippen molar-refractivity contribution in [1.29, 1.82) is 0 Å². The first-order valence-electron chi connectivity index (χ1n) is 5.59. The monoisotopic (exact) mass is 418 g/mol. The summed E-state index contributed by atoms with van der Waals surface area (Å²) in [5, 5.41) is 14.7. The predicted octanol–water partition coefficient (Wildman–Crippen LogP) is 5.39. The minimum atomic E-state index is -0.413. The fourth-order valence-corrected chi connectivity index (χ4v) is 2.83. The molecule has 0 heterocycles. The average Bonchev–Trinajstić information content (AvgIpc) is 2.38. The molecule has 0 radical (unpaired) electrons. The van der Waals surface area contributed by atoms with Crippen molar-refractivity contribution in [3.05, 3.63) is 66.0 Å². The van der Waals surface area contributed by atoms with Crippen molar-refractivity contribution in [3.8, 4) is 0 Å². The Labute approximate surface area is 137 Å². The van der Waals surface area contributed by atoms with E-state index < -0.39 is 4.92 Å². The molecular weight excluding hydrogens is 411 g/mol. The molecular formula is C13H9Br2ClN2O2. The van der Waals surface area contributed by atoms with Gasteiger partial charge in [-0.25, -0.2) is 0 Å². The van der Waals surface area contributed by atoms with Crippen LogP contribution in [0.5, 0.6) is 0 Å². The molecule has 1 N–H and O–H groups in total. The Bertz CT molecular complexity index is 665. The van der Waals surface area contributed by atoms with E-state index >= 15 is 0 Å². The largest absolute Gasteiger partial charge is 0.375 e. The molecule has 0 saturated carbocycles. The fraction of sp³-hybridized carbons (Fsp3) is 0.0769. The highest BCUT2D eigenvalue weighted by Crippen LogP contribution is 2.29. The van der Waals surface area contributed by atoms with E-state index in [1.54, 1.807) is 24.3 Å². The summed E-state index contributed by atoms with van der Waals surface area (Å²) in [7, 11) is 0. The third-order valence-corrected chi connectivity index (χ3v) is 4.11. The Morgan fingerprint density at radius 3 is 2.60 bits per heavy atom. The molecule has 2 aromatic carbocycles. The van der Waals surface area contributed by atoms with Gasteiger partial charge in [-0.05, 0) is 29.8 Å². The molecule has 4 nitrogen and oxygen atoms in total. The third kappa shape index (κ3) is 3.71. The van der Waals surface area contributed by atoms with Crippen LogP contribution in [-0.2, 0) is 6.54 Å². The molecule has 2 aromatic rings. The van der Waals surface area contributed by atoms with Crippen molar-refractivity contribution in [2.75, 3.05) is 5.32 Å². The lowest BCUT2D eigenvalue weighted by molar-refractivity contribution is -0.384. The first-order chi connectivity index (χ1) is 9.47. The third-order valence-electron chi connectivity index (χ3n) is 2.64. The van der Waals surface area contributed by atoms with Gasteiger partial charge in [-0.1, -0.05) is 49.5 Å². The maximum absolute atomic E-state index is 11.0. The van der Waals surface area contributed by atoms with Gasteiger partial charge in [-0.15, -0.1) is 0 Å². The van der Waals surface area contributed by atoms with Crippen molar-refractivity contribution >= 4 is 54.8 Å². The van der Waals surface area contributed by atoms with Gasteiger partial charge in [0.25, 0.3) is 5.69 Å². The van der Waals surface area contributed by atoms with Gasteiger partial charge in [-0.3, -0.25) is 10.1 Å². The van der Waals surface area contributed by atoms with Gasteiger partial charge in [0.05, 0.1) is 4.92 Å². The normalized spacial score (nSPS) is 10.3. The summed E-state index contributed by atoms with van der Waals surface area (Å²) in [5.41, 5.74) is 1.47. The number of halogens is 3. The van der Waals surface area contributed by atoms with Crippen LogP contribution in [0, 0.1) is 10.1 Å². The number of anilines is 1. The Morgan fingerprint density at radius 1 is 1.20 bits per heavy atom. The molecule has 0 atom stereocenters. The quantitative estimate of drug-likeness (QED) is 0.533. The highest BCUT2D eigenvalue weighted by atomic mass is 79.9. The van der Waals surface area contributed by atoms with Crippen molar-refractivity contribution < 1.29 is 4.92 Å². The van der Waals surface area contributed by atoms with Crippen molar-refractivity contribution in [1.82, 2.24) is 0 Å². The molecule has 20 heavy (non-hydrogen) atoms. The number of nitrogens with one attached hydrogen (secondary N) is 1. The van der Waals surface area contributed by atoms with E-state index in [9.17, 15) is 10.1 Å². The van der Waals surface area contributed by atoms with Crippen molar-refractivity contribution in [2.45, 2.75) is 6.54 Å². The fourth-order valence-electron chi connectivity index (χ4n) is 1.66. The first kappa shape index (κ1) is 15.3. The number of nitro benzene ring substituents is 1. The second kappa shape index (κ2) is 6.56. The zero-order valence-corrected chi connectivity index (χ0v) is 14.0. The van der Waals surface area contributed by atoms with E-state index in [1.165, 1.54) is 6.07 Å². The molecule has 0 amide bonds. The van der Waals surface area contributed by atoms with Gasteiger partial charge < -0.3 is 5.32 Å². The molecule has 0 aliphatic heterocycles. The molecule has 0 aliphatic carbocycles. The number of nitrogens with zero attached hydrogens (tertiary/aromatic N) is 1. The zero-order valence-electron chi connectivity index (χ0n) is 10.1. The molecule has 0 spiro atoms. The van der Waals surface area contributed by atoms with Gasteiger partial charge in [0.2, 0.25) is 0 Å². The number of hydrogen-bond donors (Lipinski definition) is 1. The Morgan fingerprint density at radius 2 is 1.95 bits per heavy atom. The minimum Gasteiger partial charge on any atom is -0.375 e. The Kier molecular flexibility index (Phi) is 5.01. The highest BCUT2D eigenvalue weighted by molar-refractivity contribution is 9.10. The molecule has 104 valence electrons. The molecule has 0 saturated heterocycles. The molecule has 0 unspecified atom stereocenters. The van der Waals surface area contributed by atoms with Crippen LogP contribution in [0.4, 0.5) is 11.4 Å². The van der Waals surface area contributed by atoms with E-state index in [0.29, 0.717) is 21.7 Å². The summed E-state index contributed by atoms with van der Waals surface area (Å²) >= 11 is 12.5. The lowest BCUT2D eigenvalue weighted by Gasteiger charge is -2.09. The van der Waals surface area contributed by atoms with Gasteiger partial charge >= 0.3 is 0 Å². The van der Waals surface area contributed by atoms with E-state index in [-0.39, 0.29) is 5.69 Å². The van der Waals surface area contributed by atoms with Gasteiger partial charge in [0, 0.05) is 26.6 Å². The van der Waals surface area contributed by atoms with Crippen LogP contribution < -0.4 is 5.32 Å². The van der Waals surface area contributed by atoms with Crippen LogP contribution in [-0.4, -0.2) is 4.92 Å². The van der Waals surface area contributed by atoms with Crippen LogP contribution in [0.2, 0.25) is 5.02 Å². The molecule has 0 aliphatic rings.